The van der Waals surface area contributed by atoms with Gasteiger partial charge in [-0.1, -0.05) is 36.7 Å². The molecule has 0 aliphatic heterocycles. The van der Waals surface area contributed by atoms with Gasteiger partial charge in [-0.15, -0.1) is 0 Å². The van der Waals surface area contributed by atoms with Gasteiger partial charge < -0.3 is 28.8 Å². The number of hydrogen-bond acceptors (Lipinski definition) is 11. The van der Waals surface area contributed by atoms with Crippen LogP contribution in [0.5, 0.6) is 0 Å². The number of esters is 5. The molecular weight excluding hydrogens is 592 g/mol. The molecule has 11 nitrogen and oxygen atoms in total. The largest absolute Gasteiger partial charge is 0.463 e. The normalized spacial score (nSPS) is 14.8. The molecule has 1 N–H and O–H groups in total. The van der Waals surface area contributed by atoms with E-state index in [4.69, 9.17) is 28.8 Å². The Balaban J connectivity index is 4.63. The number of ether oxygens (including phenoxy) is 5. The van der Waals surface area contributed by atoms with E-state index in [1.807, 2.05) is 6.92 Å². The second kappa shape index (κ2) is 17.6. The van der Waals surface area contributed by atoms with Crippen LogP contribution in [0.25, 0.3) is 0 Å². The molecule has 12 heteroatoms. The van der Waals surface area contributed by atoms with Gasteiger partial charge in [-0.2, -0.15) is 0 Å². The van der Waals surface area contributed by atoms with Gasteiger partial charge in [0.25, 0.3) is 0 Å². The van der Waals surface area contributed by atoms with Gasteiger partial charge in [0.05, 0.1) is 29.3 Å². The lowest BCUT2D eigenvalue weighted by Crippen LogP contribution is -2.40. The maximum absolute atomic E-state index is 12.7. The van der Waals surface area contributed by atoms with Crippen LogP contribution in [0.3, 0.4) is 0 Å². The number of hydrogen-bond donors (Lipinski definition) is 1. The van der Waals surface area contributed by atoms with Crippen molar-refractivity contribution in [3.63, 3.8) is 0 Å². The molecular formula is C28H47BrO11. The summed E-state index contributed by atoms with van der Waals surface area (Å²) in [4.78, 5) is 61.6. The Kier molecular flexibility index (Phi) is 16.6. The second-order valence-corrected chi connectivity index (χ2v) is 13.0. The molecule has 0 aromatic carbocycles. The van der Waals surface area contributed by atoms with Gasteiger partial charge in [0.15, 0.2) is 0 Å². The van der Waals surface area contributed by atoms with Crippen molar-refractivity contribution in [2.75, 3.05) is 39.6 Å². The first-order valence-corrected chi connectivity index (χ1v) is 14.4. The highest BCUT2D eigenvalue weighted by atomic mass is 79.9. The zero-order chi connectivity index (χ0) is 31.1. The first-order valence-electron chi connectivity index (χ1n) is 13.6. The van der Waals surface area contributed by atoms with Gasteiger partial charge >= 0.3 is 29.8 Å². The molecule has 0 aromatic heterocycles. The Morgan fingerprint density at radius 3 is 1.62 bits per heavy atom. The van der Waals surface area contributed by atoms with Crippen LogP contribution in [-0.2, 0) is 47.7 Å². The summed E-state index contributed by atoms with van der Waals surface area (Å²) in [5.74, 6) is -3.69. The first kappa shape index (κ1) is 37.8. The van der Waals surface area contributed by atoms with Crippen LogP contribution < -0.4 is 0 Å². The van der Waals surface area contributed by atoms with Crippen LogP contribution in [0.15, 0.2) is 0 Å². The molecule has 0 amide bonds. The molecule has 0 bridgehead atoms. The van der Waals surface area contributed by atoms with Crippen LogP contribution in [0, 0.1) is 22.7 Å². The topological polar surface area (TPSA) is 152 Å². The van der Waals surface area contributed by atoms with Crippen LogP contribution in [0.1, 0.15) is 81.1 Å². The molecule has 0 aromatic rings. The van der Waals surface area contributed by atoms with Gasteiger partial charge in [-0.05, 0) is 60.3 Å². The number of aliphatic hydroxyl groups is 1. The summed E-state index contributed by atoms with van der Waals surface area (Å²) >= 11 is 3.34. The third-order valence-electron chi connectivity index (χ3n) is 6.50. The van der Waals surface area contributed by atoms with E-state index in [0.29, 0.717) is 12.8 Å². The van der Waals surface area contributed by atoms with Crippen molar-refractivity contribution in [1.82, 2.24) is 0 Å². The highest BCUT2D eigenvalue weighted by molar-refractivity contribution is 9.10. The molecule has 0 spiro atoms. The summed E-state index contributed by atoms with van der Waals surface area (Å²) in [5.41, 5.74) is -1.69. The van der Waals surface area contributed by atoms with Crippen molar-refractivity contribution in [2.45, 2.75) is 85.4 Å². The van der Waals surface area contributed by atoms with Gasteiger partial charge in [0, 0.05) is 0 Å². The van der Waals surface area contributed by atoms with Gasteiger partial charge in [-0.25, -0.2) is 0 Å². The van der Waals surface area contributed by atoms with Crippen LogP contribution in [0.2, 0.25) is 0 Å². The third-order valence-corrected chi connectivity index (χ3v) is 7.11. The van der Waals surface area contributed by atoms with E-state index >= 15 is 0 Å². The fourth-order valence-corrected chi connectivity index (χ4v) is 4.38. The standard InChI is InChI=1S/C28H47BrO11/c1-9-20(17-19(3)21(31)36-12-11-30)22(32)37-13-14-40-25(35)28(8,29)18-27(6,7)24(34)39-16-15-38-23(33)26(4,5)10-2/h19-20,30H,9-18H2,1-8H3. The highest BCUT2D eigenvalue weighted by Gasteiger charge is 2.42. The van der Waals surface area contributed by atoms with Crippen LogP contribution in [0.4, 0.5) is 0 Å². The lowest BCUT2D eigenvalue weighted by Gasteiger charge is -2.30. The van der Waals surface area contributed by atoms with Gasteiger partial charge in [0.1, 0.15) is 37.4 Å². The van der Waals surface area contributed by atoms with Crippen LogP contribution >= 0.6 is 15.9 Å². The summed E-state index contributed by atoms with van der Waals surface area (Å²) in [6.45, 7) is 12.8. The molecule has 3 unspecified atom stereocenters. The summed E-state index contributed by atoms with van der Waals surface area (Å²) in [7, 11) is 0. The number of alkyl halides is 1. The number of aliphatic hydroxyl groups excluding tert-OH is 1. The molecule has 0 rings (SSSR count). The molecule has 0 aliphatic carbocycles. The summed E-state index contributed by atoms with van der Waals surface area (Å²) in [5, 5.41) is 8.76. The van der Waals surface area contributed by atoms with E-state index in [0.717, 1.165) is 0 Å². The Morgan fingerprint density at radius 1 is 0.700 bits per heavy atom. The van der Waals surface area contributed by atoms with E-state index in [-0.39, 0.29) is 58.5 Å². The predicted molar refractivity (Wildman–Crippen MR) is 149 cm³/mol. The molecule has 0 saturated heterocycles. The average molecular weight is 640 g/mol. The van der Waals surface area contributed by atoms with E-state index in [9.17, 15) is 24.0 Å². The molecule has 0 saturated carbocycles. The SMILES string of the molecule is CCC(CC(C)C(=O)OCCO)C(=O)OCCOC(=O)C(C)(Br)CC(C)(C)C(=O)OCCOC(=O)C(C)(C)CC. The summed E-state index contributed by atoms with van der Waals surface area (Å²) in [6, 6.07) is 0. The summed E-state index contributed by atoms with van der Waals surface area (Å²) < 4.78 is 24.6. The zero-order valence-electron chi connectivity index (χ0n) is 25.1. The lowest BCUT2D eigenvalue weighted by atomic mass is 9.83. The molecule has 3 atom stereocenters. The molecule has 0 aliphatic rings. The van der Waals surface area contributed by atoms with Crippen molar-refractivity contribution in [2.24, 2.45) is 22.7 Å². The zero-order valence-corrected chi connectivity index (χ0v) is 26.7. The molecule has 0 heterocycles. The molecule has 232 valence electrons. The van der Waals surface area contributed by atoms with E-state index < -0.39 is 50.9 Å². The van der Waals surface area contributed by atoms with E-state index in [1.165, 1.54) is 0 Å². The van der Waals surface area contributed by atoms with E-state index in [1.54, 1.807) is 48.5 Å². The quantitative estimate of drug-likeness (QED) is 0.0952. The Hall–Kier alpha value is -2.21. The predicted octanol–water partition coefficient (Wildman–Crippen LogP) is 3.75. The fraction of sp³-hybridized carbons (Fsp3) is 0.821. The average Bonchev–Trinajstić information content (AvgIpc) is 2.88. The maximum Gasteiger partial charge on any atom is 0.322 e. The number of halogens is 1. The van der Waals surface area contributed by atoms with Crippen LogP contribution in [-0.4, -0.2) is 78.9 Å². The molecule has 40 heavy (non-hydrogen) atoms. The Morgan fingerprint density at radius 2 is 1.15 bits per heavy atom. The number of carbonyl (C=O) groups excluding carboxylic acids is 5. The number of carbonyl (C=O) groups is 5. The van der Waals surface area contributed by atoms with Crippen molar-refractivity contribution in [3.8, 4) is 0 Å². The van der Waals surface area contributed by atoms with Gasteiger partial charge in [0.2, 0.25) is 0 Å². The van der Waals surface area contributed by atoms with Crippen molar-refractivity contribution >= 4 is 45.8 Å². The third kappa shape index (κ3) is 13.4. The van der Waals surface area contributed by atoms with Gasteiger partial charge in [-0.3, -0.25) is 24.0 Å². The highest BCUT2D eigenvalue weighted by Crippen LogP contribution is 2.36. The monoisotopic (exact) mass is 638 g/mol. The molecule has 0 radical (unpaired) electrons. The maximum atomic E-state index is 12.7. The number of rotatable bonds is 19. The Labute approximate surface area is 246 Å². The lowest BCUT2D eigenvalue weighted by molar-refractivity contribution is -0.164. The first-order chi connectivity index (χ1) is 18.4. The minimum absolute atomic E-state index is 0.0439. The Bertz CT molecular complexity index is 851. The van der Waals surface area contributed by atoms with Crippen molar-refractivity contribution in [1.29, 1.82) is 0 Å². The molecule has 0 fully saturated rings. The fourth-order valence-electron chi connectivity index (χ4n) is 3.56. The van der Waals surface area contributed by atoms with Crippen molar-refractivity contribution < 1.29 is 52.8 Å². The minimum atomic E-state index is -1.23. The minimum Gasteiger partial charge on any atom is -0.463 e. The smallest absolute Gasteiger partial charge is 0.322 e. The van der Waals surface area contributed by atoms with Crippen molar-refractivity contribution in [3.05, 3.63) is 0 Å². The summed E-state index contributed by atoms with van der Waals surface area (Å²) in [6.07, 6.45) is 1.33. The van der Waals surface area contributed by atoms with E-state index in [2.05, 4.69) is 15.9 Å². The second-order valence-electron chi connectivity index (χ2n) is 11.2.